The van der Waals surface area contributed by atoms with Gasteiger partial charge in [-0.1, -0.05) is 35.9 Å². The molecule has 1 fully saturated rings. The quantitative estimate of drug-likeness (QED) is 0.455. The molecule has 7 heteroatoms. The highest BCUT2D eigenvalue weighted by Crippen LogP contribution is 2.17. The number of hydrogen-bond acceptors (Lipinski definition) is 3. The Hall–Kier alpha value is -2.73. The number of ether oxygens (including phenoxy) is 1. The van der Waals surface area contributed by atoms with Gasteiger partial charge in [-0.25, -0.2) is 4.99 Å². The first-order valence-electron chi connectivity index (χ1n) is 10.8. The minimum Gasteiger partial charge on any atom is -0.489 e. The van der Waals surface area contributed by atoms with Gasteiger partial charge in [0.1, 0.15) is 11.9 Å². The molecule has 0 bridgehead atoms. The van der Waals surface area contributed by atoms with E-state index in [1.165, 1.54) is 0 Å². The minimum absolute atomic E-state index is 0.0358. The topological polar surface area (TPSA) is 66.0 Å². The second-order valence-corrected chi connectivity index (χ2v) is 8.13. The Morgan fingerprint density at radius 2 is 1.97 bits per heavy atom. The Morgan fingerprint density at radius 1 is 1.19 bits per heavy atom. The van der Waals surface area contributed by atoms with Crippen molar-refractivity contribution < 1.29 is 9.53 Å². The Morgan fingerprint density at radius 3 is 2.68 bits per heavy atom. The molecule has 2 N–H and O–H groups in total. The summed E-state index contributed by atoms with van der Waals surface area (Å²) in [6.07, 6.45) is 1.59. The van der Waals surface area contributed by atoms with E-state index in [4.69, 9.17) is 21.3 Å². The van der Waals surface area contributed by atoms with Gasteiger partial charge in [0.2, 0.25) is 5.91 Å². The van der Waals surface area contributed by atoms with Gasteiger partial charge < -0.3 is 20.3 Å². The Kier molecular flexibility index (Phi) is 8.59. The molecule has 166 valence electrons. The molecule has 1 saturated heterocycles. The van der Waals surface area contributed by atoms with Gasteiger partial charge in [0.05, 0.1) is 13.1 Å². The zero-order valence-electron chi connectivity index (χ0n) is 18.2. The lowest BCUT2D eigenvalue weighted by atomic mass is 10.1. The summed E-state index contributed by atoms with van der Waals surface area (Å²) >= 11 is 5.92. The maximum Gasteiger partial charge on any atom is 0.222 e. The molecular formula is C24H31ClN4O2. The second-order valence-electron chi connectivity index (χ2n) is 7.70. The molecule has 1 aliphatic rings. The highest BCUT2D eigenvalue weighted by Gasteiger charge is 2.19. The van der Waals surface area contributed by atoms with E-state index in [9.17, 15) is 4.79 Å². The summed E-state index contributed by atoms with van der Waals surface area (Å²) in [5.41, 5.74) is 2.26. The number of aliphatic imine (C=N–C) groups is 1. The predicted octanol–water partition coefficient (Wildman–Crippen LogP) is 3.99. The van der Waals surface area contributed by atoms with Gasteiger partial charge in [0, 0.05) is 31.1 Å². The zero-order chi connectivity index (χ0) is 22.1. The second kappa shape index (κ2) is 11.6. The summed E-state index contributed by atoms with van der Waals surface area (Å²) in [4.78, 5) is 18.5. The van der Waals surface area contributed by atoms with Crippen molar-refractivity contribution in [1.82, 2.24) is 15.5 Å². The first-order chi connectivity index (χ1) is 15.0. The summed E-state index contributed by atoms with van der Waals surface area (Å²) < 4.78 is 5.91. The smallest absolute Gasteiger partial charge is 0.222 e. The van der Waals surface area contributed by atoms with E-state index in [0.29, 0.717) is 31.1 Å². The lowest BCUT2D eigenvalue weighted by molar-refractivity contribution is -0.128. The Balaban J connectivity index is 1.53. The molecule has 31 heavy (non-hydrogen) atoms. The summed E-state index contributed by atoms with van der Waals surface area (Å²) in [5.74, 6) is 1.78. The van der Waals surface area contributed by atoms with Crippen molar-refractivity contribution in [1.29, 1.82) is 0 Å². The monoisotopic (exact) mass is 442 g/mol. The van der Waals surface area contributed by atoms with Crippen molar-refractivity contribution in [3.05, 3.63) is 64.7 Å². The lowest BCUT2D eigenvalue weighted by Crippen LogP contribution is -2.41. The number of nitrogens with one attached hydrogen (secondary N) is 2. The summed E-state index contributed by atoms with van der Waals surface area (Å²) in [5, 5.41) is 7.30. The first-order valence-corrected chi connectivity index (χ1v) is 11.2. The van der Waals surface area contributed by atoms with Crippen molar-refractivity contribution in [3.8, 4) is 5.75 Å². The lowest BCUT2D eigenvalue weighted by Gasteiger charge is -2.18. The van der Waals surface area contributed by atoms with Crippen LogP contribution in [0.1, 0.15) is 37.8 Å². The molecule has 2 aromatic carbocycles. The zero-order valence-corrected chi connectivity index (χ0v) is 19.0. The van der Waals surface area contributed by atoms with Crippen molar-refractivity contribution in [2.24, 2.45) is 4.99 Å². The van der Waals surface area contributed by atoms with E-state index in [2.05, 4.69) is 28.8 Å². The SMILES string of the molecule is CCNC(=NCc1cccc(CN2CCCC2=O)c1)NCC(C)Oc1ccc(Cl)cc1. The van der Waals surface area contributed by atoms with Crippen LogP contribution in [0, 0.1) is 0 Å². The normalized spacial score (nSPS) is 15.1. The number of halogens is 1. The molecule has 0 aromatic heterocycles. The third-order valence-electron chi connectivity index (χ3n) is 5.01. The van der Waals surface area contributed by atoms with Crippen LogP contribution in [0.2, 0.25) is 5.02 Å². The fourth-order valence-corrected chi connectivity index (χ4v) is 3.58. The third-order valence-corrected chi connectivity index (χ3v) is 5.26. The number of guanidine groups is 1. The Labute approximate surface area is 189 Å². The van der Waals surface area contributed by atoms with E-state index in [0.717, 1.165) is 42.3 Å². The van der Waals surface area contributed by atoms with Crippen molar-refractivity contribution in [2.45, 2.75) is 45.9 Å². The molecule has 0 spiro atoms. The molecule has 1 aliphatic heterocycles. The van der Waals surface area contributed by atoms with Crippen molar-refractivity contribution >= 4 is 23.5 Å². The number of hydrogen-bond donors (Lipinski definition) is 2. The molecule has 2 aromatic rings. The molecule has 3 rings (SSSR count). The number of rotatable bonds is 9. The summed E-state index contributed by atoms with van der Waals surface area (Å²) in [7, 11) is 0. The predicted molar refractivity (Wildman–Crippen MR) is 125 cm³/mol. The van der Waals surface area contributed by atoms with E-state index < -0.39 is 0 Å². The van der Waals surface area contributed by atoms with Crippen LogP contribution in [-0.4, -0.2) is 42.5 Å². The average Bonchev–Trinajstić information content (AvgIpc) is 3.16. The van der Waals surface area contributed by atoms with E-state index in [-0.39, 0.29) is 12.0 Å². The molecule has 0 radical (unpaired) electrons. The third kappa shape index (κ3) is 7.47. The number of amides is 1. The van der Waals surface area contributed by atoms with Crippen LogP contribution < -0.4 is 15.4 Å². The molecule has 0 saturated carbocycles. The van der Waals surface area contributed by atoms with Crippen LogP contribution in [0.5, 0.6) is 5.75 Å². The molecule has 1 heterocycles. The average molecular weight is 443 g/mol. The van der Waals surface area contributed by atoms with Gasteiger partial charge in [-0.2, -0.15) is 0 Å². The molecule has 6 nitrogen and oxygen atoms in total. The van der Waals surface area contributed by atoms with Crippen LogP contribution >= 0.6 is 11.6 Å². The largest absolute Gasteiger partial charge is 0.489 e. The summed E-state index contributed by atoms with van der Waals surface area (Å²) in [6.45, 7) is 7.53. The van der Waals surface area contributed by atoms with Crippen LogP contribution in [0.15, 0.2) is 53.5 Å². The molecule has 1 amide bonds. The van der Waals surface area contributed by atoms with Gasteiger partial charge in [0.15, 0.2) is 5.96 Å². The van der Waals surface area contributed by atoms with Crippen molar-refractivity contribution in [3.63, 3.8) is 0 Å². The van der Waals surface area contributed by atoms with E-state index in [1.54, 1.807) is 0 Å². The summed E-state index contributed by atoms with van der Waals surface area (Å²) in [6, 6.07) is 15.6. The van der Waals surface area contributed by atoms with Gasteiger partial charge in [-0.3, -0.25) is 4.79 Å². The maximum absolute atomic E-state index is 11.9. The molecular weight excluding hydrogens is 412 g/mol. The molecule has 1 atom stereocenters. The molecule has 1 unspecified atom stereocenters. The van der Waals surface area contributed by atoms with Crippen LogP contribution in [0.25, 0.3) is 0 Å². The fraction of sp³-hybridized carbons (Fsp3) is 0.417. The van der Waals surface area contributed by atoms with Gasteiger partial charge >= 0.3 is 0 Å². The number of carbonyl (C=O) groups is 1. The van der Waals surface area contributed by atoms with Crippen LogP contribution in [0.4, 0.5) is 0 Å². The standard InChI is InChI=1S/C24H31ClN4O2/c1-3-26-24(27-15-18(2)31-22-11-9-21(25)10-12-22)28-16-19-6-4-7-20(14-19)17-29-13-5-8-23(29)30/h4,6-7,9-12,14,18H,3,5,8,13,15-17H2,1-2H3,(H2,26,27,28). The highest BCUT2D eigenvalue weighted by atomic mass is 35.5. The van der Waals surface area contributed by atoms with Crippen molar-refractivity contribution in [2.75, 3.05) is 19.6 Å². The van der Waals surface area contributed by atoms with E-state index in [1.807, 2.05) is 49.1 Å². The van der Waals surface area contributed by atoms with Gasteiger partial charge in [-0.15, -0.1) is 0 Å². The maximum atomic E-state index is 11.9. The number of nitrogens with zero attached hydrogens (tertiary/aromatic N) is 2. The molecule has 0 aliphatic carbocycles. The fourth-order valence-electron chi connectivity index (χ4n) is 3.46. The van der Waals surface area contributed by atoms with Gasteiger partial charge in [-0.05, 0) is 55.7 Å². The number of carbonyl (C=O) groups excluding carboxylic acids is 1. The first kappa shape index (κ1) is 22.9. The Bertz CT molecular complexity index is 885. The minimum atomic E-state index is -0.0358. The highest BCUT2D eigenvalue weighted by molar-refractivity contribution is 6.30. The van der Waals surface area contributed by atoms with Crippen LogP contribution in [0.3, 0.4) is 0 Å². The number of likely N-dealkylation sites (tertiary alicyclic amines) is 1. The van der Waals surface area contributed by atoms with Gasteiger partial charge in [0.25, 0.3) is 0 Å². The van der Waals surface area contributed by atoms with E-state index >= 15 is 0 Å². The van der Waals surface area contributed by atoms with Crippen LogP contribution in [-0.2, 0) is 17.9 Å². The number of benzene rings is 2.